The Hall–Kier alpha value is -0.740. The summed E-state index contributed by atoms with van der Waals surface area (Å²) in [6.45, 7) is 2.71. The molecular formula is C17H33NO4. The average Bonchev–Trinajstić information content (AvgIpc) is 2.55. The number of unbranched alkanes of at least 4 members (excludes halogenated alkanes) is 5. The van der Waals surface area contributed by atoms with Gasteiger partial charge in [0, 0.05) is 27.2 Å². The fourth-order valence-electron chi connectivity index (χ4n) is 2.88. The number of aliphatic imine (C=N–C) groups is 1. The molecule has 5 heteroatoms. The molecule has 0 aromatic carbocycles. The van der Waals surface area contributed by atoms with Crippen LogP contribution in [0.1, 0.15) is 64.7 Å². The van der Waals surface area contributed by atoms with Crippen LogP contribution in [-0.2, 0) is 19.0 Å². The molecule has 0 fully saturated rings. The largest absolute Gasteiger partial charge is 0.331 e. The van der Waals surface area contributed by atoms with Crippen molar-refractivity contribution in [2.45, 2.75) is 70.7 Å². The smallest absolute Gasteiger partial charge is 0.285 e. The van der Waals surface area contributed by atoms with Gasteiger partial charge in [-0.15, -0.1) is 0 Å². The topological polar surface area (TPSA) is 57.1 Å². The number of hydrogen-bond donors (Lipinski definition) is 0. The molecule has 0 aliphatic heterocycles. The number of isocyanates is 1. The highest BCUT2D eigenvalue weighted by Gasteiger charge is 2.39. The van der Waals surface area contributed by atoms with Crippen LogP contribution in [0.4, 0.5) is 0 Å². The van der Waals surface area contributed by atoms with Crippen LogP contribution in [0.3, 0.4) is 0 Å². The Morgan fingerprint density at radius 1 is 0.909 bits per heavy atom. The summed E-state index contributed by atoms with van der Waals surface area (Å²) in [4.78, 5) is 13.8. The molecule has 0 amide bonds. The van der Waals surface area contributed by atoms with Gasteiger partial charge in [-0.05, 0) is 19.3 Å². The first-order valence-corrected chi connectivity index (χ1v) is 8.39. The number of ether oxygens (including phenoxy) is 3. The number of rotatable bonds is 15. The zero-order valence-electron chi connectivity index (χ0n) is 14.7. The highest BCUT2D eigenvalue weighted by atomic mass is 16.9. The van der Waals surface area contributed by atoms with Crippen LogP contribution < -0.4 is 0 Å². The van der Waals surface area contributed by atoms with E-state index in [9.17, 15) is 4.79 Å². The van der Waals surface area contributed by atoms with E-state index in [0.29, 0.717) is 6.54 Å². The molecule has 0 heterocycles. The minimum atomic E-state index is -1.01. The first kappa shape index (κ1) is 21.3. The van der Waals surface area contributed by atoms with E-state index in [-0.39, 0.29) is 5.92 Å². The van der Waals surface area contributed by atoms with Crippen molar-refractivity contribution in [3.05, 3.63) is 0 Å². The van der Waals surface area contributed by atoms with Crippen LogP contribution >= 0.6 is 0 Å². The van der Waals surface area contributed by atoms with Crippen molar-refractivity contribution in [2.24, 2.45) is 10.9 Å². The summed E-state index contributed by atoms with van der Waals surface area (Å²) < 4.78 is 16.5. The van der Waals surface area contributed by atoms with Crippen LogP contribution in [-0.4, -0.2) is 39.9 Å². The Balaban J connectivity index is 4.40. The first-order valence-electron chi connectivity index (χ1n) is 8.39. The molecule has 0 radical (unpaired) electrons. The van der Waals surface area contributed by atoms with Crippen molar-refractivity contribution >= 4 is 6.08 Å². The highest BCUT2D eigenvalue weighted by molar-refractivity contribution is 5.32. The lowest BCUT2D eigenvalue weighted by Gasteiger charge is -2.36. The Morgan fingerprint density at radius 3 is 2.00 bits per heavy atom. The van der Waals surface area contributed by atoms with Gasteiger partial charge >= 0.3 is 0 Å². The number of hydrogen-bond acceptors (Lipinski definition) is 5. The van der Waals surface area contributed by atoms with Gasteiger partial charge in [0.15, 0.2) is 0 Å². The highest BCUT2D eigenvalue weighted by Crippen LogP contribution is 2.32. The molecule has 0 aliphatic rings. The maximum absolute atomic E-state index is 10.1. The molecule has 0 aromatic heterocycles. The molecule has 1 atom stereocenters. The molecule has 130 valence electrons. The molecule has 0 aromatic rings. The summed E-state index contributed by atoms with van der Waals surface area (Å²) in [6.07, 6.45) is 11.7. The van der Waals surface area contributed by atoms with Crippen LogP contribution in [0.25, 0.3) is 0 Å². The van der Waals surface area contributed by atoms with E-state index in [1.54, 1.807) is 27.4 Å². The van der Waals surface area contributed by atoms with Gasteiger partial charge in [-0.1, -0.05) is 45.4 Å². The predicted molar refractivity (Wildman–Crippen MR) is 87.5 cm³/mol. The quantitative estimate of drug-likeness (QED) is 0.198. The van der Waals surface area contributed by atoms with Gasteiger partial charge in [-0.3, -0.25) is 0 Å². The van der Waals surface area contributed by atoms with Gasteiger partial charge in [0.25, 0.3) is 5.97 Å². The molecule has 22 heavy (non-hydrogen) atoms. The van der Waals surface area contributed by atoms with Gasteiger partial charge in [0.05, 0.1) is 6.54 Å². The molecule has 0 N–H and O–H groups in total. The Labute approximate surface area is 135 Å². The van der Waals surface area contributed by atoms with Crippen molar-refractivity contribution in [1.29, 1.82) is 0 Å². The minimum Gasteiger partial charge on any atom is -0.331 e. The lowest BCUT2D eigenvalue weighted by Crippen LogP contribution is -2.44. The average molecular weight is 315 g/mol. The van der Waals surface area contributed by atoms with Gasteiger partial charge in [0.2, 0.25) is 6.08 Å². The summed E-state index contributed by atoms with van der Waals surface area (Å²) >= 11 is 0. The van der Waals surface area contributed by atoms with Crippen LogP contribution in [0.15, 0.2) is 4.99 Å². The second-order valence-corrected chi connectivity index (χ2v) is 5.58. The van der Waals surface area contributed by atoms with Crippen molar-refractivity contribution in [3.63, 3.8) is 0 Å². The van der Waals surface area contributed by atoms with E-state index < -0.39 is 5.97 Å². The maximum atomic E-state index is 10.1. The molecule has 1 unspecified atom stereocenters. The fourth-order valence-corrected chi connectivity index (χ4v) is 2.88. The number of methoxy groups -OCH3 is 3. The Kier molecular flexibility index (Phi) is 13.4. The predicted octanol–water partition coefficient (Wildman–Crippen LogP) is 4.06. The van der Waals surface area contributed by atoms with Gasteiger partial charge < -0.3 is 14.2 Å². The molecule has 0 bridgehead atoms. The summed E-state index contributed by atoms with van der Waals surface area (Å²) in [5, 5.41) is 0. The molecule has 0 aliphatic carbocycles. The second-order valence-electron chi connectivity index (χ2n) is 5.58. The maximum Gasteiger partial charge on any atom is 0.285 e. The van der Waals surface area contributed by atoms with Crippen molar-refractivity contribution < 1.29 is 19.0 Å². The molecular weight excluding hydrogens is 282 g/mol. The zero-order chi connectivity index (χ0) is 16.7. The third kappa shape index (κ3) is 8.04. The molecule has 0 saturated carbocycles. The minimum absolute atomic E-state index is 0.125. The normalized spacial score (nSPS) is 12.9. The number of carbonyl (C=O) groups excluding carboxylic acids is 1. The van der Waals surface area contributed by atoms with Crippen molar-refractivity contribution in [2.75, 3.05) is 27.9 Å². The van der Waals surface area contributed by atoms with Gasteiger partial charge in [-0.25, -0.2) is 9.79 Å². The lowest BCUT2D eigenvalue weighted by atomic mass is 9.93. The van der Waals surface area contributed by atoms with Crippen molar-refractivity contribution in [1.82, 2.24) is 0 Å². The van der Waals surface area contributed by atoms with Crippen LogP contribution in [0, 0.1) is 5.92 Å². The Bertz CT molecular complexity index is 291. The van der Waals surface area contributed by atoms with Crippen LogP contribution in [0.5, 0.6) is 0 Å². The van der Waals surface area contributed by atoms with Gasteiger partial charge in [0.1, 0.15) is 0 Å². The van der Waals surface area contributed by atoms with E-state index >= 15 is 0 Å². The van der Waals surface area contributed by atoms with E-state index in [0.717, 1.165) is 25.7 Å². The van der Waals surface area contributed by atoms with E-state index in [1.165, 1.54) is 32.1 Å². The standard InChI is InChI=1S/C17H33NO4/c1-5-6-7-8-9-10-12-16(13-11-14-18-15-19)17(20-2,21-3)22-4/h16H,5-14H2,1-4H3. The van der Waals surface area contributed by atoms with Crippen molar-refractivity contribution in [3.8, 4) is 0 Å². The zero-order valence-corrected chi connectivity index (χ0v) is 14.7. The van der Waals surface area contributed by atoms with E-state index in [2.05, 4.69) is 11.9 Å². The molecule has 0 rings (SSSR count). The summed E-state index contributed by atoms with van der Waals surface area (Å²) in [6, 6.07) is 0. The van der Waals surface area contributed by atoms with Crippen LogP contribution in [0.2, 0.25) is 0 Å². The third-order valence-electron chi connectivity index (χ3n) is 4.15. The Morgan fingerprint density at radius 2 is 1.45 bits per heavy atom. The molecule has 0 saturated heterocycles. The lowest BCUT2D eigenvalue weighted by molar-refractivity contribution is -0.380. The van der Waals surface area contributed by atoms with E-state index in [4.69, 9.17) is 14.2 Å². The third-order valence-corrected chi connectivity index (χ3v) is 4.15. The summed E-state index contributed by atoms with van der Waals surface area (Å²) in [7, 11) is 4.81. The first-order chi connectivity index (χ1) is 10.7. The SMILES string of the molecule is CCCCCCCCC(CCCN=C=O)C(OC)(OC)OC. The summed E-state index contributed by atoms with van der Waals surface area (Å²) in [5.41, 5.74) is 0. The van der Waals surface area contributed by atoms with Gasteiger partial charge in [-0.2, -0.15) is 0 Å². The summed E-state index contributed by atoms with van der Waals surface area (Å²) in [5.74, 6) is -0.880. The monoisotopic (exact) mass is 315 g/mol. The molecule has 5 nitrogen and oxygen atoms in total. The fraction of sp³-hybridized carbons (Fsp3) is 0.941. The number of nitrogens with zero attached hydrogens (tertiary/aromatic N) is 1. The molecule has 0 spiro atoms. The van der Waals surface area contributed by atoms with E-state index in [1.807, 2.05) is 0 Å². The second kappa shape index (κ2) is 13.9.